The highest BCUT2D eigenvalue weighted by Gasteiger charge is 2.30. The summed E-state index contributed by atoms with van der Waals surface area (Å²) in [6, 6.07) is 14.2. The Kier molecular flexibility index (Phi) is 4.37. The van der Waals surface area contributed by atoms with E-state index in [1.165, 1.54) is 24.6 Å². The van der Waals surface area contributed by atoms with Crippen molar-refractivity contribution in [2.24, 2.45) is 5.92 Å². The normalized spacial score (nSPS) is 15.5. The van der Waals surface area contributed by atoms with Crippen molar-refractivity contribution in [3.05, 3.63) is 65.5 Å². The first-order valence-electron chi connectivity index (χ1n) is 7.71. The molecule has 3 rings (SSSR count). The second kappa shape index (κ2) is 6.60. The van der Waals surface area contributed by atoms with Crippen LogP contribution in [0.15, 0.2) is 48.5 Å². The van der Waals surface area contributed by atoms with Crippen molar-refractivity contribution < 1.29 is 14.7 Å². The van der Waals surface area contributed by atoms with E-state index in [1.807, 2.05) is 30.3 Å². The molecule has 5 heteroatoms. The summed E-state index contributed by atoms with van der Waals surface area (Å²) in [4.78, 5) is 27.4. The molecule has 1 aromatic carbocycles. The fourth-order valence-electron chi connectivity index (χ4n) is 2.80. The minimum absolute atomic E-state index is 0.0623. The van der Waals surface area contributed by atoms with Crippen molar-refractivity contribution in [2.45, 2.75) is 25.3 Å². The van der Waals surface area contributed by atoms with Crippen molar-refractivity contribution in [1.29, 1.82) is 0 Å². The number of hydrogen-bond donors (Lipinski definition) is 2. The summed E-state index contributed by atoms with van der Waals surface area (Å²) in [6.45, 7) is 0. The maximum Gasteiger partial charge on any atom is 0.354 e. The van der Waals surface area contributed by atoms with Gasteiger partial charge in [-0.05, 0) is 36.5 Å². The monoisotopic (exact) mass is 310 g/mol. The summed E-state index contributed by atoms with van der Waals surface area (Å²) in [7, 11) is 0. The molecule has 1 aliphatic rings. The first-order valence-corrected chi connectivity index (χ1v) is 7.71. The Morgan fingerprint density at radius 2 is 1.74 bits per heavy atom. The number of pyridine rings is 1. The number of aromatic carboxylic acids is 1. The number of nitrogens with one attached hydrogen (secondary N) is 1. The fourth-order valence-corrected chi connectivity index (χ4v) is 2.80. The quantitative estimate of drug-likeness (QED) is 0.889. The van der Waals surface area contributed by atoms with Gasteiger partial charge in [-0.1, -0.05) is 42.8 Å². The van der Waals surface area contributed by atoms with Gasteiger partial charge >= 0.3 is 5.97 Å². The lowest BCUT2D eigenvalue weighted by atomic mass is 9.77. The summed E-state index contributed by atoms with van der Waals surface area (Å²) in [5.74, 6) is -1.06. The molecule has 0 saturated heterocycles. The van der Waals surface area contributed by atoms with E-state index in [0.717, 1.165) is 18.4 Å². The van der Waals surface area contributed by atoms with Gasteiger partial charge in [0.2, 0.25) is 0 Å². The SMILES string of the molecule is O=C(O)c1cccc(C(=O)NC(c2ccccc2)C2CCC2)n1. The van der Waals surface area contributed by atoms with Gasteiger partial charge in [0.05, 0.1) is 6.04 Å². The number of aromatic nitrogens is 1. The van der Waals surface area contributed by atoms with Crippen molar-refractivity contribution in [3.63, 3.8) is 0 Å². The molecule has 1 amide bonds. The fraction of sp³-hybridized carbons (Fsp3) is 0.278. The lowest BCUT2D eigenvalue weighted by molar-refractivity contribution is 0.0690. The Balaban J connectivity index is 1.81. The number of rotatable bonds is 5. The topological polar surface area (TPSA) is 79.3 Å². The molecule has 2 aromatic rings. The Labute approximate surface area is 134 Å². The molecule has 5 nitrogen and oxygen atoms in total. The van der Waals surface area contributed by atoms with Gasteiger partial charge in [-0.2, -0.15) is 0 Å². The van der Waals surface area contributed by atoms with Crippen LogP contribution in [0.4, 0.5) is 0 Å². The van der Waals surface area contributed by atoms with Gasteiger partial charge in [0.15, 0.2) is 0 Å². The maximum atomic E-state index is 12.5. The largest absolute Gasteiger partial charge is 0.477 e. The van der Waals surface area contributed by atoms with E-state index in [2.05, 4.69) is 10.3 Å². The Morgan fingerprint density at radius 3 is 2.35 bits per heavy atom. The molecule has 0 aliphatic heterocycles. The van der Waals surface area contributed by atoms with Crippen LogP contribution in [-0.2, 0) is 0 Å². The van der Waals surface area contributed by atoms with Crippen molar-refractivity contribution in [3.8, 4) is 0 Å². The van der Waals surface area contributed by atoms with Crippen molar-refractivity contribution >= 4 is 11.9 Å². The molecule has 23 heavy (non-hydrogen) atoms. The van der Waals surface area contributed by atoms with Crippen LogP contribution in [-0.4, -0.2) is 22.0 Å². The number of carboxylic acid groups (broad SMARTS) is 1. The molecule has 0 radical (unpaired) electrons. The molecule has 118 valence electrons. The standard InChI is InChI=1S/C18H18N2O3/c21-17(14-10-5-11-15(19-14)18(22)23)20-16(13-8-4-9-13)12-6-2-1-3-7-12/h1-3,5-7,10-11,13,16H,4,8-9H2,(H,20,21)(H,22,23). The van der Waals surface area contributed by atoms with Crippen LogP contribution in [0, 0.1) is 5.92 Å². The molecule has 0 spiro atoms. The molecule has 2 N–H and O–H groups in total. The first kappa shape index (κ1) is 15.2. The number of benzene rings is 1. The van der Waals surface area contributed by atoms with Gasteiger partial charge < -0.3 is 10.4 Å². The zero-order valence-corrected chi connectivity index (χ0v) is 12.6. The van der Waals surface area contributed by atoms with Crippen LogP contribution < -0.4 is 5.32 Å². The number of hydrogen-bond acceptors (Lipinski definition) is 3. The average Bonchev–Trinajstić information content (AvgIpc) is 2.53. The summed E-state index contributed by atoms with van der Waals surface area (Å²) in [5, 5.41) is 12.0. The number of carboxylic acids is 1. The summed E-state index contributed by atoms with van der Waals surface area (Å²) in [5.41, 5.74) is 1.07. The van der Waals surface area contributed by atoms with E-state index in [4.69, 9.17) is 5.11 Å². The van der Waals surface area contributed by atoms with Crippen molar-refractivity contribution in [2.75, 3.05) is 0 Å². The van der Waals surface area contributed by atoms with Crippen molar-refractivity contribution in [1.82, 2.24) is 10.3 Å². The van der Waals surface area contributed by atoms with Crippen LogP contribution >= 0.6 is 0 Å². The molecule has 1 atom stereocenters. The van der Waals surface area contributed by atoms with E-state index >= 15 is 0 Å². The van der Waals surface area contributed by atoms with Gasteiger partial charge in [0, 0.05) is 0 Å². The van der Waals surface area contributed by atoms with Gasteiger partial charge in [0.1, 0.15) is 11.4 Å². The third-order valence-electron chi connectivity index (χ3n) is 4.27. The second-order valence-electron chi connectivity index (χ2n) is 5.77. The highest BCUT2D eigenvalue weighted by Crippen LogP contribution is 2.37. The molecule has 1 unspecified atom stereocenters. The predicted molar refractivity (Wildman–Crippen MR) is 85.2 cm³/mol. The van der Waals surface area contributed by atoms with Crippen LogP contribution in [0.2, 0.25) is 0 Å². The lowest BCUT2D eigenvalue weighted by Crippen LogP contribution is -2.36. The number of amides is 1. The zero-order valence-electron chi connectivity index (χ0n) is 12.6. The van der Waals surface area contributed by atoms with Gasteiger partial charge in [-0.3, -0.25) is 4.79 Å². The lowest BCUT2D eigenvalue weighted by Gasteiger charge is -2.34. The molecule has 1 aliphatic carbocycles. The van der Waals surface area contributed by atoms with E-state index in [-0.39, 0.29) is 23.3 Å². The Bertz CT molecular complexity index is 711. The zero-order chi connectivity index (χ0) is 16.2. The van der Waals surface area contributed by atoms with E-state index in [0.29, 0.717) is 5.92 Å². The van der Waals surface area contributed by atoms with Crippen LogP contribution in [0.3, 0.4) is 0 Å². The molecular formula is C18H18N2O3. The number of nitrogens with zero attached hydrogens (tertiary/aromatic N) is 1. The van der Waals surface area contributed by atoms with Crippen LogP contribution in [0.1, 0.15) is 51.8 Å². The maximum absolute atomic E-state index is 12.5. The highest BCUT2D eigenvalue weighted by molar-refractivity contribution is 5.94. The van der Waals surface area contributed by atoms with Gasteiger partial charge in [-0.15, -0.1) is 0 Å². The third kappa shape index (κ3) is 3.39. The smallest absolute Gasteiger partial charge is 0.354 e. The summed E-state index contributed by atoms with van der Waals surface area (Å²) in [6.07, 6.45) is 3.35. The number of carbonyl (C=O) groups excluding carboxylic acids is 1. The first-order chi connectivity index (χ1) is 11.1. The Hall–Kier alpha value is -2.69. The molecule has 1 aromatic heterocycles. The summed E-state index contributed by atoms with van der Waals surface area (Å²) < 4.78 is 0. The van der Waals surface area contributed by atoms with E-state index in [9.17, 15) is 9.59 Å². The molecule has 1 fully saturated rings. The molecule has 1 heterocycles. The molecule has 0 bridgehead atoms. The molecular weight excluding hydrogens is 292 g/mol. The number of carbonyl (C=O) groups is 2. The average molecular weight is 310 g/mol. The van der Waals surface area contributed by atoms with Gasteiger partial charge in [-0.25, -0.2) is 9.78 Å². The third-order valence-corrected chi connectivity index (χ3v) is 4.27. The van der Waals surface area contributed by atoms with Crippen LogP contribution in [0.25, 0.3) is 0 Å². The van der Waals surface area contributed by atoms with E-state index < -0.39 is 5.97 Å². The molecule has 1 saturated carbocycles. The predicted octanol–water partition coefficient (Wildman–Crippen LogP) is 3.05. The summed E-state index contributed by atoms with van der Waals surface area (Å²) >= 11 is 0. The minimum atomic E-state index is -1.14. The second-order valence-corrected chi connectivity index (χ2v) is 5.77. The van der Waals surface area contributed by atoms with Gasteiger partial charge in [0.25, 0.3) is 5.91 Å². The minimum Gasteiger partial charge on any atom is -0.477 e. The highest BCUT2D eigenvalue weighted by atomic mass is 16.4. The van der Waals surface area contributed by atoms with Crippen LogP contribution in [0.5, 0.6) is 0 Å². The van der Waals surface area contributed by atoms with E-state index in [1.54, 1.807) is 0 Å². The Morgan fingerprint density at radius 1 is 1.04 bits per heavy atom.